The van der Waals surface area contributed by atoms with E-state index in [0.29, 0.717) is 19.7 Å². The van der Waals surface area contributed by atoms with E-state index in [1.165, 1.54) is 16.7 Å². The maximum atomic E-state index is 11.8. The average molecular weight is 632 g/mol. The molecule has 0 radical (unpaired) electrons. The number of aryl methyl sites for hydroxylation is 3. The lowest BCUT2D eigenvalue weighted by Crippen LogP contribution is -2.64. The highest BCUT2D eigenvalue weighted by molar-refractivity contribution is 5.92. The Kier molecular flexibility index (Phi) is 8.55. The summed E-state index contributed by atoms with van der Waals surface area (Å²) in [6.45, 7) is 6.91. The summed E-state index contributed by atoms with van der Waals surface area (Å²) in [6, 6.07) is 23.4. The van der Waals surface area contributed by atoms with Crippen molar-refractivity contribution in [2.75, 3.05) is 26.8 Å². The third-order valence-electron chi connectivity index (χ3n) is 10.7. The molecule has 3 aliphatic carbocycles. The molecule has 0 amide bonds. The van der Waals surface area contributed by atoms with Crippen LogP contribution in [-0.4, -0.2) is 78.2 Å². The van der Waals surface area contributed by atoms with Gasteiger partial charge >= 0.3 is 0 Å². The van der Waals surface area contributed by atoms with Crippen molar-refractivity contribution >= 4 is 16.7 Å². The number of nitrogens with zero attached hydrogens (tertiary/aromatic N) is 7. The maximum absolute atomic E-state index is 11.8. The molecule has 0 spiro atoms. The fourth-order valence-electron chi connectivity index (χ4n) is 8.15. The molecule has 244 valence electrons. The van der Waals surface area contributed by atoms with E-state index in [0.717, 1.165) is 72.3 Å². The van der Waals surface area contributed by atoms with E-state index >= 15 is 0 Å². The molecule has 1 atom stereocenters. The number of pyridine rings is 1. The third-order valence-corrected chi connectivity index (χ3v) is 10.7. The number of aromatic nitrogens is 6. The molecular weight excluding hydrogens is 586 g/mol. The molecule has 9 nitrogen and oxygen atoms in total. The highest BCUT2D eigenvalue weighted by Crippen LogP contribution is 2.55. The largest absolute Gasteiger partial charge is 0.392 e. The summed E-state index contributed by atoms with van der Waals surface area (Å²) in [7, 11) is 3.64. The fraction of sp³-hybridized carbons (Fsp3) is 0.421. The van der Waals surface area contributed by atoms with Crippen LogP contribution in [0, 0.1) is 13.8 Å². The van der Waals surface area contributed by atoms with Crippen molar-refractivity contribution in [2.45, 2.75) is 69.6 Å². The molecule has 1 N–H and O–H groups in total. The van der Waals surface area contributed by atoms with Crippen molar-refractivity contribution in [1.29, 1.82) is 0 Å². The van der Waals surface area contributed by atoms with Gasteiger partial charge in [0.1, 0.15) is 5.52 Å². The minimum atomic E-state index is -0.389. The lowest BCUT2D eigenvalue weighted by molar-refractivity contribution is -0.0998. The third kappa shape index (κ3) is 5.92. The summed E-state index contributed by atoms with van der Waals surface area (Å²) in [5.74, 6) is 0. The highest BCUT2D eigenvalue weighted by Gasteiger charge is 2.56. The number of methoxy groups -OCH3 is 1. The summed E-state index contributed by atoms with van der Waals surface area (Å²) >= 11 is 0. The molecule has 9 heteroatoms. The zero-order valence-electron chi connectivity index (χ0n) is 27.9. The van der Waals surface area contributed by atoms with E-state index in [-0.39, 0.29) is 17.1 Å². The maximum Gasteiger partial charge on any atom is 0.179 e. The van der Waals surface area contributed by atoms with Gasteiger partial charge in [0.2, 0.25) is 0 Å². The van der Waals surface area contributed by atoms with Gasteiger partial charge in [-0.15, -0.1) is 5.10 Å². The van der Waals surface area contributed by atoms with Crippen molar-refractivity contribution < 1.29 is 9.84 Å². The van der Waals surface area contributed by atoms with E-state index in [4.69, 9.17) is 14.8 Å². The Labute approximate surface area is 276 Å². The lowest BCUT2D eigenvalue weighted by Gasteiger charge is -2.60. The summed E-state index contributed by atoms with van der Waals surface area (Å²) in [5, 5.41) is 25.7. The molecule has 3 aliphatic rings. The zero-order valence-corrected chi connectivity index (χ0v) is 27.9. The first-order valence-corrected chi connectivity index (χ1v) is 16.7. The van der Waals surface area contributed by atoms with Crippen LogP contribution in [0.1, 0.15) is 65.7 Å². The van der Waals surface area contributed by atoms with Crippen LogP contribution in [-0.2, 0) is 23.7 Å². The lowest BCUT2D eigenvalue weighted by atomic mass is 9.53. The molecule has 0 saturated heterocycles. The smallest absolute Gasteiger partial charge is 0.179 e. The van der Waals surface area contributed by atoms with Gasteiger partial charge in [-0.2, -0.15) is 5.10 Å². The van der Waals surface area contributed by atoms with Gasteiger partial charge in [-0.25, -0.2) is 9.67 Å². The number of aliphatic hydroxyl groups is 1. The quantitative estimate of drug-likeness (QED) is 0.202. The zero-order chi connectivity index (χ0) is 32.6. The molecule has 2 aromatic carbocycles. The van der Waals surface area contributed by atoms with E-state index in [2.05, 4.69) is 101 Å². The minimum Gasteiger partial charge on any atom is -0.392 e. The SMILES string of the molecule is COCCN(C/C=C(\c1ccn(Cc2cccc(C)c2)n1)c1cc(C)nc2c1nnn2C)C12CCC(c3ccccc3)(CC1)[C@H](O)C2. The van der Waals surface area contributed by atoms with Gasteiger partial charge in [0, 0.05) is 61.2 Å². The first-order valence-electron chi connectivity index (χ1n) is 16.7. The normalized spacial score (nSPS) is 22.9. The topological polar surface area (TPSA) is 94.1 Å². The van der Waals surface area contributed by atoms with Crippen LogP contribution in [0.3, 0.4) is 0 Å². The first kappa shape index (κ1) is 31.4. The van der Waals surface area contributed by atoms with Crippen LogP contribution in [0.2, 0.25) is 0 Å². The van der Waals surface area contributed by atoms with Gasteiger partial charge in [0.25, 0.3) is 0 Å². The van der Waals surface area contributed by atoms with Gasteiger partial charge < -0.3 is 9.84 Å². The van der Waals surface area contributed by atoms with Crippen LogP contribution < -0.4 is 0 Å². The van der Waals surface area contributed by atoms with Crippen LogP contribution in [0.5, 0.6) is 0 Å². The Morgan fingerprint density at radius 1 is 1.04 bits per heavy atom. The van der Waals surface area contributed by atoms with Gasteiger partial charge in [-0.1, -0.05) is 71.5 Å². The predicted octanol–water partition coefficient (Wildman–Crippen LogP) is 5.62. The molecule has 5 aromatic rings. The van der Waals surface area contributed by atoms with Crippen molar-refractivity contribution in [3.63, 3.8) is 0 Å². The summed E-state index contributed by atoms with van der Waals surface area (Å²) in [5.41, 5.74) is 8.74. The number of hydrogen-bond acceptors (Lipinski definition) is 7. The summed E-state index contributed by atoms with van der Waals surface area (Å²) in [4.78, 5) is 7.31. The van der Waals surface area contributed by atoms with E-state index in [1.807, 2.05) is 18.7 Å². The molecule has 8 rings (SSSR count). The van der Waals surface area contributed by atoms with Crippen LogP contribution in [0.25, 0.3) is 16.7 Å². The number of rotatable bonds is 11. The fourth-order valence-corrected chi connectivity index (χ4v) is 8.15. The van der Waals surface area contributed by atoms with Gasteiger partial charge in [-0.3, -0.25) is 9.58 Å². The molecular formula is C38H45N7O2. The van der Waals surface area contributed by atoms with Crippen LogP contribution in [0.15, 0.2) is 79.0 Å². The minimum absolute atomic E-state index is 0.101. The predicted molar refractivity (Wildman–Crippen MR) is 184 cm³/mol. The molecule has 0 unspecified atom stereocenters. The second kappa shape index (κ2) is 12.8. The summed E-state index contributed by atoms with van der Waals surface area (Å²) < 4.78 is 9.37. The number of hydrogen-bond donors (Lipinski definition) is 1. The van der Waals surface area contributed by atoms with Crippen molar-refractivity contribution in [2.24, 2.45) is 7.05 Å². The molecule has 2 bridgehead atoms. The highest BCUT2D eigenvalue weighted by atomic mass is 16.5. The van der Waals surface area contributed by atoms with E-state index in [1.54, 1.807) is 11.8 Å². The Morgan fingerprint density at radius 2 is 1.85 bits per heavy atom. The molecule has 3 fully saturated rings. The van der Waals surface area contributed by atoms with Crippen LogP contribution in [0.4, 0.5) is 0 Å². The molecule has 3 heterocycles. The molecule has 3 saturated carbocycles. The standard InChI is InChI=1S/C38H45N7O2/c1-27-9-8-10-29(23-27)26-45-20-14-33(41-45)31(32-24-28(2)39-36-35(32)40-42-43(36)3)13-19-44(21-22-47-4)37-15-17-38(18-16-37,34(46)25-37)30-11-6-5-7-12-30/h5-14,20,23-24,34,46H,15-19,21-22,25-26H2,1-4H3/b31-13-/t34-,37?,38?/m1/s1. The number of benzene rings is 2. The average Bonchev–Trinajstić information content (AvgIpc) is 3.69. The molecule has 3 aromatic heterocycles. The monoisotopic (exact) mass is 631 g/mol. The Balaban J connectivity index is 1.25. The second-order valence-electron chi connectivity index (χ2n) is 13.6. The number of fused-ring (bicyclic) bond motifs is 4. The van der Waals surface area contributed by atoms with Crippen molar-refractivity contribution in [1.82, 2.24) is 34.7 Å². The number of ether oxygens (including phenoxy) is 1. The van der Waals surface area contributed by atoms with Gasteiger partial charge in [0.15, 0.2) is 5.65 Å². The first-order chi connectivity index (χ1) is 22.8. The molecule has 47 heavy (non-hydrogen) atoms. The number of aliphatic hydroxyl groups excluding tert-OH is 1. The molecule has 0 aliphatic heterocycles. The van der Waals surface area contributed by atoms with E-state index < -0.39 is 0 Å². The van der Waals surface area contributed by atoms with Gasteiger partial charge in [-0.05, 0) is 69.2 Å². The van der Waals surface area contributed by atoms with Crippen molar-refractivity contribution in [3.8, 4) is 0 Å². The second-order valence-corrected chi connectivity index (χ2v) is 13.6. The Bertz CT molecular complexity index is 1880. The van der Waals surface area contributed by atoms with E-state index in [9.17, 15) is 5.11 Å². The Morgan fingerprint density at radius 3 is 2.60 bits per heavy atom. The summed E-state index contributed by atoms with van der Waals surface area (Å²) in [6.07, 6.45) is 8.75. The van der Waals surface area contributed by atoms with Crippen molar-refractivity contribution in [3.05, 3.63) is 113 Å². The van der Waals surface area contributed by atoms with Gasteiger partial charge in [0.05, 0.1) is 24.9 Å². The Hall–Kier alpha value is -4.18. The van der Waals surface area contributed by atoms with Crippen LogP contribution >= 0.6 is 0 Å².